The number of likely N-dealkylation sites (tertiary alicyclic amines) is 1. The molecule has 0 radical (unpaired) electrons. The number of carbonyl (C=O) groups is 1. The summed E-state index contributed by atoms with van der Waals surface area (Å²) in [4.78, 5) is 45.9. The second-order valence-electron chi connectivity index (χ2n) is 7.13. The number of aromatic nitrogens is 4. The van der Waals surface area contributed by atoms with Gasteiger partial charge in [-0.25, -0.2) is 13.8 Å². The molecule has 13 heteroatoms. The number of aromatic amines is 1. The van der Waals surface area contributed by atoms with Crippen LogP contribution in [0.15, 0.2) is 9.59 Å². The molecule has 0 saturated carbocycles. The van der Waals surface area contributed by atoms with Crippen LogP contribution in [-0.2, 0) is 16.1 Å². The number of nitrogens with one attached hydrogen (secondary N) is 1. The van der Waals surface area contributed by atoms with Gasteiger partial charge in [-0.2, -0.15) is 4.98 Å². The number of carbonyl (C=O) groups excluding carboxylic acids is 1. The van der Waals surface area contributed by atoms with Gasteiger partial charge in [-0.1, -0.05) is 0 Å². The molecule has 2 saturated heterocycles. The van der Waals surface area contributed by atoms with Crippen LogP contribution in [0.1, 0.15) is 19.1 Å². The summed E-state index contributed by atoms with van der Waals surface area (Å²) in [5.74, 6) is -0.661. The third-order valence-electron chi connectivity index (χ3n) is 5.30. The van der Waals surface area contributed by atoms with Gasteiger partial charge in [0.1, 0.15) is 18.8 Å². The number of amides is 1. The number of imidazole rings is 1. The summed E-state index contributed by atoms with van der Waals surface area (Å²) in [5, 5.41) is 19.4. The molecule has 0 unspecified atom stereocenters. The fourth-order valence-electron chi connectivity index (χ4n) is 3.85. The number of nitrogens with two attached hydrogens (primary N) is 1. The number of ether oxygens (including phenoxy) is 1. The van der Waals surface area contributed by atoms with E-state index >= 15 is 0 Å². The Labute approximate surface area is 162 Å². The maximum atomic E-state index is 14.2. The zero-order valence-corrected chi connectivity index (χ0v) is 15.3. The molecule has 2 aliphatic heterocycles. The molecule has 2 aromatic heterocycles. The van der Waals surface area contributed by atoms with E-state index in [0.29, 0.717) is 13.1 Å². The van der Waals surface area contributed by atoms with E-state index in [1.54, 1.807) is 4.90 Å². The van der Waals surface area contributed by atoms with Crippen molar-refractivity contribution >= 4 is 23.0 Å². The average Bonchev–Trinajstić information content (AvgIpc) is 3.36. The van der Waals surface area contributed by atoms with Gasteiger partial charge in [0.05, 0.1) is 6.61 Å². The minimum absolute atomic E-state index is 0.240. The quantitative estimate of drug-likeness (QED) is 0.434. The number of fused-ring (bicyclic) bond motifs is 1. The van der Waals surface area contributed by atoms with Gasteiger partial charge in [0.25, 0.3) is 5.56 Å². The van der Waals surface area contributed by atoms with Crippen molar-refractivity contribution in [2.24, 2.45) is 0 Å². The third kappa shape index (κ3) is 3.10. The van der Waals surface area contributed by atoms with Gasteiger partial charge in [0.2, 0.25) is 11.9 Å². The van der Waals surface area contributed by atoms with Crippen LogP contribution in [0.4, 0.5) is 10.3 Å². The fourth-order valence-corrected chi connectivity index (χ4v) is 3.85. The van der Waals surface area contributed by atoms with Gasteiger partial charge in [-0.3, -0.25) is 19.1 Å². The molecular weight excluding hydrogens is 391 g/mol. The largest absolute Gasteiger partial charge is 0.394 e. The first-order valence-electron chi connectivity index (χ1n) is 9.20. The molecule has 0 aliphatic carbocycles. The Morgan fingerprint density at radius 1 is 1.34 bits per heavy atom. The summed E-state index contributed by atoms with van der Waals surface area (Å²) in [6.45, 7) is -0.0338. The smallest absolute Gasteiger partial charge is 0.333 e. The van der Waals surface area contributed by atoms with E-state index in [-0.39, 0.29) is 23.0 Å². The van der Waals surface area contributed by atoms with E-state index in [2.05, 4.69) is 9.97 Å². The zero-order chi connectivity index (χ0) is 20.9. The molecule has 5 N–H and O–H groups in total. The number of H-pyrrole nitrogens is 1. The molecule has 2 aromatic rings. The lowest BCUT2D eigenvalue weighted by molar-refractivity contribution is -0.130. The van der Waals surface area contributed by atoms with Crippen LogP contribution < -0.4 is 17.0 Å². The molecule has 158 valence electrons. The van der Waals surface area contributed by atoms with Gasteiger partial charge in [-0.05, 0) is 12.8 Å². The predicted octanol–water partition coefficient (Wildman–Crippen LogP) is -2.32. The summed E-state index contributed by atoms with van der Waals surface area (Å²) in [7, 11) is 0. The van der Waals surface area contributed by atoms with E-state index in [1.165, 1.54) is 0 Å². The van der Waals surface area contributed by atoms with E-state index in [9.17, 15) is 29.0 Å². The van der Waals surface area contributed by atoms with Crippen LogP contribution in [-0.4, -0.2) is 78.2 Å². The first-order chi connectivity index (χ1) is 13.8. The molecule has 2 fully saturated rings. The van der Waals surface area contributed by atoms with Gasteiger partial charge in [0, 0.05) is 13.1 Å². The van der Waals surface area contributed by atoms with Gasteiger partial charge in [0.15, 0.2) is 23.6 Å². The molecule has 4 rings (SSSR count). The summed E-state index contributed by atoms with van der Waals surface area (Å²) < 4.78 is 21.2. The highest BCUT2D eigenvalue weighted by atomic mass is 19.1. The average molecular weight is 412 g/mol. The normalized spacial score (nSPS) is 27.2. The maximum Gasteiger partial charge on any atom is 0.333 e. The second kappa shape index (κ2) is 7.24. The van der Waals surface area contributed by atoms with Crippen LogP contribution >= 0.6 is 0 Å². The summed E-state index contributed by atoms with van der Waals surface area (Å²) >= 11 is 0. The van der Waals surface area contributed by atoms with Crippen LogP contribution in [0.2, 0.25) is 0 Å². The van der Waals surface area contributed by atoms with Crippen LogP contribution in [0.3, 0.4) is 0 Å². The topological polar surface area (TPSA) is 169 Å². The lowest BCUT2D eigenvalue weighted by Crippen LogP contribution is -2.38. The minimum atomic E-state index is -1.96. The molecule has 12 nitrogen and oxygen atoms in total. The van der Waals surface area contributed by atoms with E-state index in [1.807, 2.05) is 0 Å². The zero-order valence-electron chi connectivity index (χ0n) is 15.3. The third-order valence-corrected chi connectivity index (χ3v) is 5.30. The lowest BCUT2D eigenvalue weighted by Gasteiger charge is -2.16. The second-order valence-corrected chi connectivity index (χ2v) is 7.13. The predicted molar refractivity (Wildman–Crippen MR) is 96.7 cm³/mol. The monoisotopic (exact) mass is 412 g/mol. The Morgan fingerprint density at radius 3 is 2.66 bits per heavy atom. The number of hydrogen-bond acceptors (Lipinski definition) is 8. The minimum Gasteiger partial charge on any atom is -0.394 e. The number of nitrogens with zero attached hydrogens (tertiary/aromatic N) is 4. The van der Waals surface area contributed by atoms with Gasteiger partial charge < -0.3 is 25.6 Å². The number of aliphatic hydroxyl groups is 2. The van der Waals surface area contributed by atoms with E-state index in [0.717, 1.165) is 22.0 Å². The molecule has 0 spiro atoms. The van der Waals surface area contributed by atoms with Crippen molar-refractivity contribution in [3.63, 3.8) is 0 Å². The first-order valence-corrected chi connectivity index (χ1v) is 9.20. The first kappa shape index (κ1) is 19.5. The Hall–Kier alpha value is -2.77. The van der Waals surface area contributed by atoms with Crippen molar-refractivity contribution in [3.8, 4) is 0 Å². The van der Waals surface area contributed by atoms with Gasteiger partial charge in [-0.15, -0.1) is 0 Å². The number of rotatable bonds is 4. The van der Waals surface area contributed by atoms with Crippen molar-refractivity contribution in [1.29, 1.82) is 0 Å². The number of alkyl halides is 1. The molecule has 0 bridgehead atoms. The standard InChI is InChI=1S/C16H21FN6O6/c17-9-7(6-24)29-14(11(9)26)23-12-10(13(27)20-15(18)19-12)22(16(23)28)5-8(25)21-3-1-2-4-21/h7,9,11,14,24,26H,1-6H2,(H3,18,19,20,27)/t7-,9-,11-,14-/m1/s1. The Morgan fingerprint density at radius 2 is 2.03 bits per heavy atom. The van der Waals surface area contributed by atoms with E-state index in [4.69, 9.17) is 10.5 Å². The number of aliphatic hydroxyl groups excluding tert-OH is 2. The van der Waals surface area contributed by atoms with Crippen molar-refractivity contribution in [2.45, 2.75) is 44.0 Å². The molecule has 1 amide bonds. The Balaban J connectivity index is 1.85. The molecule has 4 heterocycles. The summed E-state index contributed by atoms with van der Waals surface area (Å²) in [6.07, 6.45) is -4.95. The Kier molecular flexibility index (Phi) is 4.88. The van der Waals surface area contributed by atoms with Crippen molar-refractivity contribution < 1.29 is 24.1 Å². The van der Waals surface area contributed by atoms with Gasteiger partial charge >= 0.3 is 5.69 Å². The van der Waals surface area contributed by atoms with Crippen LogP contribution in [0.25, 0.3) is 11.2 Å². The molecule has 0 aromatic carbocycles. The molecule has 29 heavy (non-hydrogen) atoms. The number of hydrogen-bond donors (Lipinski definition) is 4. The highest BCUT2D eigenvalue weighted by Gasteiger charge is 2.46. The summed E-state index contributed by atoms with van der Waals surface area (Å²) in [5.41, 5.74) is 3.45. The number of halogens is 1. The van der Waals surface area contributed by atoms with E-state index < -0.39 is 49.0 Å². The van der Waals surface area contributed by atoms with Crippen molar-refractivity contribution in [3.05, 3.63) is 20.8 Å². The number of nitrogen functional groups attached to an aromatic ring is 1. The Bertz CT molecular complexity index is 1060. The fraction of sp³-hybridized carbons (Fsp3) is 0.625. The molecule has 2 aliphatic rings. The van der Waals surface area contributed by atoms with Crippen molar-refractivity contribution in [2.75, 3.05) is 25.4 Å². The molecular formula is C16H21FN6O6. The maximum absolute atomic E-state index is 14.2. The SMILES string of the molecule is Nc1nc2c(c(=O)[nH]1)n(CC(=O)N1CCCC1)c(=O)n2[C@@H]1O[C@H](CO)[C@@H](F)[C@H]1O. The lowest BCUT2D eigenvalue weighted by atomic mass is 10.1. The van der Waals surface area contributed by atoms with Crippen LogP contribution in [0, 0.1) is 0 Å². The molecule has 4 atom stereocenters. The van der Waals surface area contributed by atoms with Crippen molar-refractivity contribution in [1.82, 2.24) is 24.0 Å². The number of anilines is 1. The highest BCUT2D eigenvalue weighted by Crippen LogP contribution is 2.32. The summed E-state index contributed by atoms with van der Waals surface area (Å²) in [6, 6.07) is 0. The highest BCUT2D eigenvalue weighted by molar-refractivity contribution is 5.79. The van der Waals surface area contributed by atoms with Crippen LogP contribution in [0.5, 0.6) is 0 Å².